The molecule has 0 aliphatic carbocycles. The lowest BCUT2D eigenvalue weighted by Gasteiger charge is -2.32. The van der Waals surface area contributed by atoms with Crippen LogP contribution in [0.5, 0.6) is 0 Å². The maximum atomic E-state index is 13.0. The van der Waals surface area contributed by atoms with E-state index in [0.717, 1.165) is 38.0 Å². The molecular formula is C21H25FN2O. The van der Waals surface area contributed by atoms with Gasteiger partial charge in [-0.05, 0) is 56.1 Å². The standard InChI is InChI=1S/C21H25FN2O/c1-16(18-7-9-20(22)10-8-18)23-21(25)19-11-13-24(14-12-19)15-17-5-3-2-4-6-17/h2-10,16,19H,11-15H2,1H3,(H,23,25)/t16-/m1/s1. The predicted octanol–water partition coefficient (Wildman–Crippen LogP) is 3.92. The third-order valence-corrected chi connectivity index (χ3v) is 4.94. The Bertz CT molecular complexity index is 679. The second kappa shape index (κ2) is 8.26. The summed E-state index contributed by atoms with van der Waals surface area (Å²) in [6.45, 7) is 4.77. The van der Waals surface area contributed by atoms with Gasteiger partial charge in [-0.3, -0.25) is 9.69 Å². The number of likely N-dealkylation sites (tertiary alicyclic amines) is 1. The molecule has 4 heteroatoms. The summed E-state index contributed by atoms with van der Waals surface area (Å²) in [5.74, 6) is -0.0841. The van der Waals surface area contributed by atoms with Crippen molar-refractivity contribution in [3.63, 3.8) is 0 Å². The topological polar surface area (TPSA) is 32.3 Å². The fourth-order valence-corrected chi connectivity index (χ4v) is 3.36. The number of hydrogen-bond acceptors (Lipinski definition) is 2. The minimum atomic E-state index is -0.256. The van der Waals surface area contributed by atoms with Gasteiger partial charge in [0.2, 0.25) is 5.91 Å². The highest BCUT2D eigenvalue weighted by molar-refractivity contribution is 5.79. The van der Waals surface area contributed by atoms with Crippen LogP contribution in [0, 0.1) is 11.7 Å². The molecular weight excluding hydrogens is 315 g/mol. The molecule has 0 aromatic heterocycles. The summed E-state index contributed by atoms with van der Waals surface area (Å²) in [5.41, 5.74) is 2.24. The van der Waals surface area contributed by atoms with Crippen molar-refractivity contribution in [2.24, 2.45) is 5.92 Å². The molecule has 0 unspecified atom stereocenters. The first kappa shape index (κ1) is 17.6. The summed E-state index contributed by atoms with van der Waals surface area (Å²) in [6.07, 6.45) is 1.77. The molecule has 132 valence electrons. The molecule has 3 rings (SSSR count). The van der Waals surface area contributed by atoms with Gasteiger partial charge in [-0.2, -0.15) is 0 Å². The lowest BCUT2D eigenvalue weighted by Crippen LogP contribution is -2.40. The summed E-state index contributed by atoms with van der Waals surface area (Å²) in [5, 5.41) is 3.07. The number of carbonyl (C=O) groups is 1. The molecule has 1 amide bonds. The van der Waals surface area contributed by atoms with Crippen molar-refractivity contribution in [1.82, 2.24) is 10.2 Å². The van der Waals surface area contributed by atoms with Gasteiger partial charge in [-0.1, -0.05) is 42.5 Å². The van der Waals surface area contributed by atoms with Crippen molar-refractivity contribution in [3.8, 4) is 0 Å². The molecule has 2 aromatic carbocycles. The van der Waals surface area contributed by atoms with E-state index in [1.165, 1.54) is 17.7 Å². The normalized spacial score (nSPS) is 17.2. The number of halogens is 1. The van der Waals surface area contributed by atoms with Gasteiger partial charge in [0.05, 0.1) is 6.04 Å². The molecule has 1 atom stereocenters. The molecule has 25 heavy (non-hydrogen) atoms. The van der Waals surface area contributed by atoms with E-state index in [1.807, 2.05) is 13.0 Å². The molecule has 2 aromatic rings. The first-order chi connectivity index (χ1) is 12.1. The van der Waals surface area contributed by atoms with Gasteiger partial charge in [-0.15, -0.1) is 0 Å². The van der Waals surface area contributed by atoms with Crippen LogP contribution in [-0.2, 0) is 11.3 Å². The van der Waals surface area contributed by atoms with E-state index in [9.17, 15) is 9.18 Å². The lowest BCUT2D eigenvalue weighted by atomic mass is 9.95. The zero-order valence-electron chi connectivity index (χ0n) is 14.6. The fraction of sp³-hybridized carbons (Fsp3) is 0.381. The van der Waals surface area contributed by atoms with Crippen LogP contribution in [0.2, 0.25) is 0 Å². The molecule has 1 saturated heterocycles. The monoisotopic (exact) mass is 340 g/mol. The lowest BCUT2D eigenvalue weighted by molar-refractivity contribution is -0.127. The van der Waals surface area contributed by atoms with Crippen molar-refractivity contribution in [2.45, 2.75) is 32.4 Å². The molecule has 1 heterocycles. The van der Waals surface area contributed by atoms with Gasteiger partial charge in [0.15, 0.2) is 0 Å². The third-order valence-electron chi connectivity index (χ3n) is 4.94. The number of nitrogens with one attached hydrogen (secondary N) is 1. The quantitative estimate of drug-likeness (QED) is 0.895. The van der Waals surface area contributed by atoms with E-state index in [-0.39, 0.29) is 23.7 Å². The van der Waals surface area contributed by atoms with Crippen molar-refractivity contribution in [3.05, 3.63) is 71.5 Å². The molecule has 1 aliphatic rings. The highest BCUT2D eigenvalue weighted by Gasteiger charge is 2.25. The van der Waals surface area contributed by atoms with Crippen LogP contribution in [0.3, 0.4) is 0 Å². The van der Waals surface area contributed by atoms with Crippen molar-refractivity contribution in [1.29, 1.82) is 0 Å². The fourth-order valence-electron chi connectivity index (χ4n) is 3.36. The average Bonchev–Trinajstić information content (AvgIpc) is 2.63. The highest BCUT2D eigenvalue weighted by Crippen LogP contribution is 2.21. The number of carbonyl (C=O) groups excluding carboxylic acids is 1. The Morgan fingerprint density at radius 2 is 1.76 bits per heavy atom. The molecule has 0 bridgehead atoms. The Kier molecular flexibility index (Phi) is 5.82. The summed E-state index contributed by atoms with van der Waals surface area (Å²) in [4.78, 5) is 14.9. The largest absolute Gasteiger partial charge is 0.349 e. The maximum absolute atomic E-state index is 13.0. The number of hydrogen-bond donors (Lipinski definition) is 1. The number of rotatable bonds is 5. The Labute approximate surface area is 148 Å². The highest BCUT2D eigenvalue weighted by atomic mass is 19.1. The van der Waals surface area contributed by atoms with Crippen LogP contribution >= 0.6 is 0 Å². The first-order valence-electron chi connectivity index (χ1n) is 8.94. The average molecular weight is 340 g/mol. The number of piperidine rings is 1. The zero-order valence-corrected chi connectivity index (χ0v) is 14.6. The van der Waals surface area contributed by atoms with Crippen LogP contribution in [0.15, 0.2) is 54.6 Å². The predicted molar refractivity (Wildman–Crippen MR) is 97.4 cm³/mol. The van der Waals surface area contributed by atoms with Crippen LogP contribution in [0.25, 0.3) is 0 Å². The molecule has 1 N–H and O–H groups in total. The first-order valence-corrected chi connectivity index (χ1v) is 8.94. The van der Waals surface area contributed by atoms with E-state index >= 15 is 0 Å². The summed E-state index contributed by atoms with van der Waals surface area (Å²) in [6, 6.07) is 16.6. The SMILES string of the molecule is C[C@@H](NC(=O)C1CCN(Cc2ccccc2)CC1)c1ccc(F)cc1. The van der Waals surface area contributed by atoms with E-state index in [2.05, 4.69) is 34.5 Å². The molecule has 1 aliphatic heterocycles. The van der Waals surface area contributed by atoms with Gasteiger partial charge in [0.1, 0.15) is 5.82 Å². The minimum absolute atomic E-state index is 0.0647. The van der Waals surface area contributed by atoms with Crippen LogP contribution in [0.4, 0.5) is 4.39 Å². The Morgan fingerprint density at radius 1 is 1.12 bits per heavy atom. The number of benzene rings is 2. The number of nitrogens with zero attached hydrogens (tertiary/aromatic N) is 1. The van der Waals surface area contributed by atoms with Gasteiger partial charge >= 0.3 is 0 Å². The van der Waals surface area contributed by atoms with Gasteiger partial charge < -0.3 is 5.32 Å². The third kappa shape index (κ3) is 4.89. The molecule has 3 nitrogen and oxygen atoms in total. The van der Waals surface area contributed by atoms with Gasteiger partial charge in [0.25, 0.3) is 0 Å². The van der Waals surface area contributed by atoms with Crippen LogP contribution in [0.1, 0.15) is 36.9 Å². The smallest absolute Gasteiger partial charge is 0.223 e. The molecule has 0 saturated carbocycles. The van der Waals surface area contributed by atoms with Gasteiger partial charge in [-0.25, -0.2) is 4.39 Å². The van der Waals surface area contributed by atoms with E-state index in [0.29, 0.717) is 0 Å². The summed E-state index contributed by atoms with van der Waals surface area (Å²) < 4.78 is 13.0. The van der Waals surface area contributed by atoms with E-state index < -0.39 is 0 Å². The van der Waals surface area contributed by atoms with Gasteiger partial charge in [0, 0.05) is 12.5 Å². The van der Waals surface area contributed by atoms with Crippen LogP contribution in [-0.4, -0.2) is 23.9 Å². The molecule has 0 spiro atoms. The molecule has 1 fully saturated rings. The summed E-state index contributed by atoms with van der Waals surface area (Å²) in [7, 11) is 0. The molecule has 0 radical (unpaired) electrons. The second-order valence-corrected chi connectivity index (χ2v) is 6.82. The van der Waals surface area contributed by atoms with Crippen molar-refractivity contribution >= 4 is 5.91 Å². The van der Waals surface area contributed by atoms with E-state index in [1.54, 1.807) is 12.1 Å². The maximum Gasteiger partial charge on any atom is 0.223 e. The Morgan fingerprint density at radius 3 is 2.40 bits per heavy atom. The zero-order chi connectivity index (χ0) is 17.6. The number of amides is 1. The Hall–Kier alpha value is -2.20. The summed E-state index contributed by atoms with van der Waals surface area (Å²) >= 11 is 0. The second-order valence-electron chi connectivity index (χ2n) is 6.82. The van der Waals surface area contributed by atoms with Crippen LogP contribution < -0.4 is 5.32 Å². The minimum Gasteiger partial charge on any atom is -0.349 e. The van der Waals surface area contributed by atoms with Crippen molar-refractivity contribution in [2.75, 3.05) is 13.1 Å². The van der Waals surface area contributed by atoms with E-state index in [4.69, 9.17) is 0 Å². The van der Waals surface area contributed by atoms with Crippen molar-refractivity contribution < 1.29 is 9.18 Å². The Balaban J connectivity index is 1.47.